The Bertz CT molecular complexity index is 1810. The molecule has 2 saturated heterocycles. The van der Waals surface area contributed by atoms with E-state index in [1.54, 1.807) is 39.8 Å². The number of imidazole rings is 1. The predicted octanol–water partition coefficient (Wildman–Crippen LogP) is 3.08. The molecule has 1 unspecified atom stereocenters. The number of para-hydroxylation sites is 1. The Hall–Kier alpha value is -4.99. The van der Waals surface area contributed by atoms with Crippen molar-refractivity contribution in [3.05, 3.63) is 83.1 Å². The molecule has 1 atom stereocenters. The number of likely N-dealkylation sites (tertiary alicyclic amines) is 1. The summed E-state index contributed by atoms with van der Waals surface area (Å²) >= 11 is 0. The Morgan fingerprint density at radius 1 is 1.09 bits per heavy atom. The summed E-state index contributed by atoms with van der Waals surface area (Å²) in [5.74, 6) is 1.18. The fraction of sp³-hybridized carbons (Fsp3) is 0.364. The van der Waals surface area contributed by atoms with Crippen LogP contribution in [0.4, 0.5) is 5.82 Å². The molecular formula is C33H37N9O3. The number of carbonyl (C=O) groups is 1. The Labute approximate surface area is 261 Å². The maximum Gasteiger partial charge on any atom is 0.335 e. The van der Waals surface area contributed by atoms with Gasteiger partial charge in [-0.2, -0.15) is 5.26 Å². The summed E-state index contributed by atoms with van der Waals surface area (Å²) < 4.78 is 8.97. The van der Waals surface area contributed by atoms with Crippen LogP contribution in [0.15, 0.2) is 77.4 Å². The van der Waals surface area contributed by atoms with Gasteiger partial charge in [0.25, 0.3) is 5.91 Å². The number of nitriles is 1. The maximum absolute atomic E-state index is 14.0. The second kappa shape index (κ2) is 12.6. The zero-order valence-electron chi connectivity index (χ0n) is 25.5. The number of carbonyl (C=O) groups excluding carboxylic acids is 1. The van der Waals surface area contributed by atoms with Gasteiger partial charge in [-0.1, -0.05) is 18.2 Å². The van der Waals surface area contributed by atoms with Crippen LogP contribution >= 0.6 is 0 Å². The molecule has 0 spiro atoms. The standard InChI is InChI=1S/C33H37N9O3/c1-33(2,39-17-14-36-15-18-39)19-23(20-34)31(43)40-16-6-7-25(40)21-41-30-28(29(35)37-22-38-30)42(32(41)44)24-10-12-27(13-11-24)45-26-8-4-3-5-9-26/h3-5,8-13,19,22,25,36H,6-7,14-18,21H2,1-2H3,(H2,35,37,38)/b23-19-. The molecule has 1 amide bonds. The number of aromatic nitrogens is 4. The van der Waals surface area contributed by atoms with Gasteiger partial charge in [0.05, 0.1) is 11.7 Å². The van der Waals surface area contributed by atoms with Gasteiger partial charge in [-0.3, -0.25) is 18.8 Å². The van der Waals surface area contributed by atoms with Crippen molar-refractivity contribution in [1.82, 2.24) is 34.2 Å². The molecule has 45 heavy (non-hydrogen) atoms. The molecule has 12 nitrogen and oxygen atoms in total. The molecule has 4 aromatic rings. The van der Waals surface area contributed by atoms with Crippen LogP contribution in [-0.2, 0) is 11.3 Å². The predicted molar refractivity (Wildman–Crippen MR) is 171 cm³/mol. The van der Waals surface area contributed by atoms with Gasteiger partial charge < -0.3 is 20.7 Å². The summed E-state index contributed by atoms with van der Waals surface area (Å²) in [6.07, 6.45) is 4.58. The minimum Gasteiger partial charge on any atom is -0.457 e. The zero-order chi connectivity index (χ0) is 31.6. The Morgan fingerprint density at radius 3 is 2.51 bits per heavy atom. The number of ether oxygens (including phenoxy) is 1. The molecule has 3 N–H and O–H groups in total. The third-order valence-electron chi connectivity index (χ3n) is 8.62. The number of piperazine rings is 1. The smallest absolute Gasteiger partial charge is 0.335 e. The van der Waals surface area contributed by atoms with E-state index in [1.165, 1.54) is 10.9 Å². The zero-order valence-corrected chi connectivity index (χ0v) is 25.5. The number of hydrogen-bond donors (Lipinski definition) is 2. The summed E-state index contributed by atoms with van der Waals surface area (Å²) in [6.45, 7) is 8.18. The van der Waals surface area contributed by atoms with Crippen LogP contribution in [-0.4, -0.2) is 79.1 Å². The highest BCUT2D eigenvalue weighted by Crippen LogP contribution is 2.28. The summed E-state index contributed by atoms with van der Waals surface area (Å²) in [6, 6.07) is 18.4. The quantitative estimate of drug-likeness (QED) is 0.228. The molecule has 4 heterocycles. The van der Waals surface area contributed by atoms with E-state index < -0.39 is 5.54 Å². The fourth-order valence-corrected chi connectivity index (χ4v) is 6.28. The maximum atomic E-state index is 14.0. The van der Waals surface area contributed by atoms with E-state index in [0.29, 0.717) is 41.3 Å². The Morgan fingerprint density at radius 2 is 1.80 bits per heavy atom. The third-order valence-corrected chi connectivity index (χ3v) is 8.62. The van der Waals surface area contributed by atoms with E-state index in [-0.39, 0.29) is 35.6 Å². The monoisotopic (exact) mass is 607 g/mol. The van der Waals surface area contributed by atoms with E-state index in [4.69, 9.17) is 10.5 Å². The number of nitrogens with zero attached hydrogens (tertiary/aromatic N) is 7. The third kappa shape index (κ3) is 6.05. The SMILES string of the molecule is CC(C)(/C=C(/C#N)C(=O)N1CCCC1Cn1c(=O)n(-c2ccc(Oc3ccccc3)cc2)c2c(N)ncnc21)N1CCNCC1. The van der Waals surface area contributed by atoms with Crippen molar-refractivity contribution in [2.75, 3.05) is 38.5 Å². The largest absolute Gasteiger partial charge is 0.457 e. The molecular weight excluding hydrogens is 570 g/mol. The first kappa shape index (κ1) is 30.1. The summed E-state index contributed by atoms with van der Waals surface area (Å²) in [5, 5.41) is 13.4. The number of fused-ring (bicyclic) bond motifs is 1. The average Bonchev–Trinajstić information content (AvgIpc) is 3.64. The summed E-state index contributed by atoms with van der Waals surface area (Å²) in [7, 11) is 0. The fourth-order valence-electron chi connectivity index (χ4n) is 6.28. The molecule has 12 heteroatoms. The Balaban J connectivity index is 1.29. The second-order valence-corrected chi connectivity index (χ2v) is 11.9. The van der Waals surface area contributed by atoms with E-state index in [9.17, 15) is 14.9 Å². The second-order valence-electron chi connectivity index (χ2n) is 11.9. The van der Waals surface area contributed by atoms with E-state index in [1.807, 2.05) is 44.2 Å². The van der Waals surface area contributed by atoms with E-state index in [2.05, 4.69) is 26.3 Å². The van der Waals surface area contributed by atoms with Crippen molar-refractivity contribution >= 4 is 22.9 Å². The van der Waals surface area contributed by atoms with Crippen molar-refractivity contribution in [3.8, 4) is 23.3 Å². The van der Waals surface area contributed by atoms with Crippen molar-refractivity contribution in [2.45, 2.75) is 44.8 Å². The number of rotatable bonds is 8. The van der Waals surface area contributed by atoms with Crippen molar-refractivity contribution in [2.24, 2.45) is 0 Å². The number of nitrogens with two attached hydrogens (primary N) is 1. The number of benzene rings is 2. The highest BCUT2D eigenvalue weighted by molar-refractivity contribution is 5.97. The first-order valence-corrected chi connectivity index (χ1v) is 15.2. The van der Waals surface area contributed by atoms with Crippen LogP contribution in [0.25, 0.3) is 16.9 Å². The average molecular weight is 608 g/mol. The van der Waals surface area contributed by atoms with Gasteiger partial charge >= 0.3 is 5.69 Å². The molecule has 0 saturated carbocycles. The molecule has 232 valence electrons. The first-order chi connectivity index (χ1) is 21.8. The molecule has 0 aliphatic carbocycles. The van der Waals surface area contributed by atoms with Crippen LogP contribution in [0.1, 0.15) is 26.7 Å². The lowest BCUT2D eigenvalue weighted by atomic mass is 9.97. The van der Waals surface area contributed by atoms with Crippen LogP contribution in [0.5, 0.6) is 11.5 Å². The minimum atomic E-state index is -0.460. The lowest BCUT2D eigenvalue weighted by Crippen LogP contribution is -2.53. The number of anilines is 1. The normalized spacial score (nSPS) is 17.8. The van der Waals surface area contributed by atoms with Gasteiger partial charge in [0.1, 0.15) is 35.0 Å². The lowest BCUT2D eigenvalue weighted by molar-refractivity contribution is -0.127. The molecule has 2 aliphatic heterocycles. The van der Waals surface area contributed by atoms with E-state index in [0.717, 1.165) is 32.6 Å². The van der Waals surface area contributed by atoms with E-state index >= 15 is 0 Å². The van der Waals surface area contributed by atoms with Crippen LogP contribution in [0.3, 0.4) is 0 Å². The number of nitrogen functional groups attached to an aromatic ring is 1. The molecule has 2 aromatic heterocycles. The minimum absolute atomic E-state index is 0.115. The van der Waals surface area contributed by atoms with Crippen LogP contribution in [0.2, 0.25) is 0 Å². The van der Waals surface area contributed by atoms with Gasteiger partial charge in [-0.05, 0) is 69.2 Å². The topological polar surface area (TPSA) is 147 Å². The van der Waals surface area contributed by atoms with Gasteiger partial charge in [-0.15, -0.1) is 0 Å². The van der Waals surface area contributed by atoms with Crippen molar-refractivity contribution < 1.29 is 9.53 Å². The lowest BCUT2D eigenvalue weighted by Gasteiger charge is -2.39. The van der Waals surface area contributed by atoms with Gasteiger partial charge in [0.15, 0.2) is 11.5 Å². The number of nitrogens with one attached hydrogen (secondary N) is 1. The van der Waals surface area contributed by atoms with Gasteiger partial charge in [0.2, 0.25) is 0 Å². The molecule has 2 fully saturated rings. The van der Waals surface area contributed by atoms with Crippen LogP contribution < -0.4 is 21.5 Å². The summed E-state index contributed by atoms with van der Waals surface area (Å²) in [5.41, 5.74) is 6.97. The van der Waals surface area contributed by atoms with Crippen LogP contribution in [0, 0.1) is 11.3 Å². The van der Waals surface area contributed by atoms with Crippen molar-refractivity contribution in [1.29, 1.82) is 5.26 Å². The molecule has 0 bridgehead atoms. The summed E-state index contributed by atoms with van der Waals surface area (Å²) in [4.78, 5) is 40.4. The molecule has 2 aliphatic rings. The Kier molecular flexibility index (Phi) is 8.38. The van der Waals surface area contributed by atoms with Gasteiger partial charge in [0, 0.05) is 44.8 Å². The first-order valence-electron chi connectivity index (χ1n) is 15.2. The molecule has 2 aromatic carbocycles. The highest BCUT2D eigenvalue weighted by Gasteiger charge is 2.34. The number of amides is 1. The molecule has 0 radical (unpaired) electrons. The van der Waals surface area contributed by atoms with Gasteiger partial charge in [-0.25, -0.2) is 14.8 Å². The highest BCUT2D eigenvalue weighted by atomic mass is 16.5. The van der Waals surface area contributed by atoms with Crippen molar-refractivity contribution in [3.63, 3.8) is 0 Å². The number of hydrogen-bond acceptors (Lipinski definition) is 9. The molecule has 6 rings (SSSR count).